The highest BCUT2D eigenvalue weighted by Gasteiger charge is 2.12. The van der Waals surface area contributed by atoms with Crippen molar-refractivity contribution in [3.63, 3.8) is 0 Å². The number of halogens is 1. The lowest BCUT2D eigenvalue weighted by atomic mass is 10.3. The van der Waals surface area contributed by atoms with Crippen LogP contribution in [0.3, 0.4) is 0 Å². The van der Waals surface area contributed by atoms with Crippen molar-refractivity contribution in [3.05, 3.63) is 45.4 Å². The number of fused-ring (bicyclic) bond motifs is 1. The molecule has 0 N–H and O–H groups in total. The highest BCUT2D eigenvalue weighted by atomic mass is 79.9. The molecule has 0 atom stereocenters. The van der Waals surface area contributed by atoms with Crippen LogP contribution in [0.2, 0.25) is 0 Å². The third-order valence-electron chi connectivity index (χ3n) is 3.51. The van der Waals surface area contributed by atoms with E-state index in [2.05, 4.69) is 26.0 Å². The Balaban J connectivity index is 2.07. The minimum atomic E-state index is -0.308. The third-order valence-corrected chi connectivity index (χ3v) is 5.05. The Morgan fingerprint density at radius 3 is 2.83 bits per heavy atom. The first-order chi connectivity index (χ1) is 11.0. The number of aryl methyl sites for hydroxylation is 1. The van der Waals surface area contributed by atoms with E-state index < -0.39 is 0 Å². The average molecular weight is 393 g/mol. The molecule has 0 fully saturated rings. The predicted molar refractivity (Wildman–Crippen MR) is 95.7 cm³/mol. The van der Waals surface area contributed by atoms with E-state index in [0.29, 0.717) is 10.5 Å². The van der Waals surface area contributed by atoms with Gasteiger partial charge in [-0.3, -0.25) is 9.48 Å². The molecule has 2 heterocycles. The zero-order chi connectivity index (χ0) is 16.6. The van der Waals surface area contributed by atoms with Crippen molar-refractivity contribution in [3.8, 4) is 0 Å². The number of carbonyl (C=O) groups is 1. The Kier molecular flexibility index (Phi) is 4.50. The molecule has 1 aromatic carbocycles. The Morgan fingerprint density at radius 1 is 1.39 bits per heavy atom. The molecule has 0 aliphatic heterocycles. The quantitative estimate of drug-likeness (QED) is 0.675. The number of hydrogen-bond acceptors (Lipinski definition) is 3. The Hall–Kier alpha value is -1.73. The summed E-state index contributed by atoms with van der Waals surface area (Å²) in [5, 5.41) is 4.29. The Bertz CT molecular complexity index is 935. The molecule has 23 heavy (non-hydrogen) atoms. The first-order valence-electron chi connectivity index (χ1n) is 7.42. The van der Waals surface area contributed by atoms with Gasteiger partial charge in [0, 0.05) is 23.3 Å². The van der Waals surface area contributed by atoms with E-state index in [-0.39, 0.29) is 11.9 Å². The van der Waals surface area contributed by atoms with Crippen LogP contribution in [-0.4, -0.2) is 20.3 Å². The van der Waals surface area contributed by atoms with Crippen molar-refractivity contribution in [1.29, 1.82) is 0 Å². The Morgan fingerprint density at radius 2 is 2.17 bits per heavy atom. The molecule has 5 nitrogen and oxygen atoms in total. The molecule has 0 unspecified atom stereocenters. The van der Waals surface area contributed by atoms with E-state index in [4.69, 9.17) is 0 Å². The van der Waals surface area contributed by atoms with Crippen molar-refractivity contribution in [2.45, 2.75) is 33.4 Å². The van der Waals surface area contributed by atoms with Crippen LogP contribution < -0.4 is 4.80 Å². The Labute approximate surface area is 146 Å². The lowest BCUT2D eigenvalue weighted by Gasteiger charge is -2.02. The summed E-state index contributed by atoms with van der Waals surface area (Å²) < 4.78 is 5.92. The minimum Gasteiger partial charge on any atom is -0.317 e. The first-order valence-corrected chi connectivity index (χ1v) is 9.03. The van der Waals surface area contributed by atoms with E-state index in [0.717, 1.165) is 21.2 Å². The van der Waals surface area contributed by atoms with Crippen LogP contribution in [0.25, 0.3) is 10.2 Å². The van der Waals surface area contributed by atoms with E-state index in [1.807, 2.05) is 49.7 Å². The number of hydrogen-bond donors (Lipinski definition) is 0. The molecule has 7 heteroatoms. The molecule has 3 aromatic rings. The molecule has 0 bridgehead atoms. The van der Waals surface area contributed by atoms with E-state index in [9.17, 15) is 4.79 Å². The number of aromatic nitrogens is 3. The summed E-state index contributed by atoms with van der Waals surface area (Å²) in [5.41, 5.74) is 1.46. The predicted octanol–water partition coefficient (Wildman–Crippen LogP) is 4.00. The molecule has 0 spiro atoms. The SMILES string of the molecule is CCn1c(=NC(=O)c2ccn(C(C)C)n2)sc2cc(Br)ccc21. The summed E-state index contributed by atoms with van der Waals surface area (Å²) in [6, 6.07) is 8.02. The van der Waals surface area contributed by atoms with E-state index >= 15 is 0 Å². The van der Waals surface area contributed by atoms with Crippen LogP contribution in [0.4, 0.5) is 0 Å². The number of thiazole rings is 1. The van der Waals surface area contributed by atoms with Gasteiger partial charge in [0.05, 0.1) is 10.2 Å². The molecule has 0 radical (unpaired) electrons. The molecule has 2 aromatic heterocycles. The van der Waals surface area contributed by atoms with Gasteiger partial charge in [-0.05, 0) is 45.0 Å². The number of amides is 1. The highest BCUT2D eigenvalue weighted by Crippen LogP contribution is 2.22. The summed E-state index contributed by atoms with van der Waals surface area (Å²) >= 11 is 4.99. The van der Waals surface area contributed by atoms with Crippen LogP contribution >= 0.6 is 27.3 Å². The van der Waals surface area contributed by atoms with E-state index in [1.165, 1.54) is 11.3 Å². The second-order valence-corrected chi connectivity index (χ2v) is 7.36. The van der Waals surface area contributed by atoms with Gasteiger partial charge >= 0.3 is 0 Å². The van der Waals surface area contributed by atoms with Gasteiger partial charge in [0.25, 0.3) is 5.91 Å². The second kappa shape index (κ2) is 6.41. The molecule has 120 valence electrons. The second-order valence-electron chi connectivity index (χ2n) is 5.43. The standard InChI is InChI=1S/C16H17BrN4OS/c1-4-20-13-6-5-11(17)9-14(13)23-16(20)18-15(22)12-7-8-21(19-12)10(2)3/h5-10H,4H2,1-3H3. The number of benzene rings is 1. The van der Waals surface area contributed by atoms with Gasteiger partial charge in [0.15, 0.2) is 10.5 Å². The van der Waals surface area contributed by atoms with Crippen LogP contribution in [0, 0.1) is 0 Å². The van der Waals surface area contributed by atoms with Gasteiger partial charge in [0.1, 0.15) is 0 Å². The number of nitrogens with zero attached hydrogens (tertiary/aromatic N) is 4. The topological polar surface area (TPSA) is 52.2 Å². The maximum absolute atomic E-state index is 12.4. The summed E-state index contributed by atoms with van der Waals surface area (Å²) in [4.78, 5) is 17.4. The fourth-order valence-electron chi connectivity index (χ4n) is 2.32. The molecule has 0 saturated heterocycles. The molecule has 0 aliphatic rings. The summed E-state index contributed by atoms with van der Waals surface area (Å²) in [7, 11) is 0. The van der Waals surface area contributed by atoms with E-state index in [1.54, 1.807) is 10.7 Å². The van der Waals surface area contributed by atoms with Crippen LogP contribution in [0.1, 0.15) is 37.3 Å². The zero-order valence-electron chi connectivity index (χ0n) is 13.2. The van der Waals surface area contributed by atoms with Crippen molar-refractivity contribution in [1.82, 2.24) is 14.3 Å². The maximum Gasteiger partial charge on any atom is 0.300 e. The third kappa shape index (κ3) is 3.16. The minimum absolute atomic E-state index is 0.221. The first kappa shape index (κ1) is 16.1. The molecule has 1 amide bonds. The van der Waals surface area contributed by atoms with Crippen molar-refractivity contribution >= 4 is 43.4 Å². The van der Waals surface area contributed by atoms with Gasteiger partial charge in [-0.2, -0.15) is 10.1 Å². The smallest absolute Gasteiger partial charge is 0.300 e. The largest absolute Gasteiger partial charge is 0.317 e. The van der Waals surface area contributed by atoms with Gasteiger partial charge in [0.2, 0.25) is 0 Å². The van der Waals surface area contributed by atoms with Crippen molar-refractivity contribution < 1.29 is 4.79 Å². The molecule has 0 saturated carbocycles. The molecule has 3 rings (SSSR count). The van der Waals surface area contributed by atoms with Gasteiger partial charge < -0.3 is 4.57 Å². The summed E-state index contributed by atoms with van der Waals surface area (Å²) in [6.07, 6.45) is 1.81. The van der Waals surface area contributed by atoms with Crippen LogP contribution in [0.5, 0.6) is 0 Å². The average Bonchev–Trinajstić information content (AvgIpc) is 3.10. The van der Waals surface area contributed by atoms with Crippen molar-refractivity contribution in [2.24, 2.45) is 4.99 Å². The maximum atomic E-state index is 12.4. The lowest BCUT2D eigenvalue weighted by Crippen LogP contribution is -2.16. The van der Waals surface area contributed by atoms with Gasteiger partial charge in [-0.25, -0.2) is 0 Å². The highest BCUT2D eigenvalue weighted by molar-refractivity contribution is 9.10. The number of rotatable bonds is 3. The van der Waals surface area contributed by atoms with Gasteiger partial charge in [-0.1, -0.05) is 27.3 Å². The van der Waals surface area contributed by atoms with Gasteiger partial charge in [-0.15, -0.1) is 0 Å². The summed E-state index contributed by atoms with van der Waals surface area (Å²) in [6.45, 7) is 6.85. The number of carbonyl (C=O) groups excluding carboxylic acids is 1. The lowest BCUT2D eigenvalue weighted by molar-refractivity contribution is 0.0992. The monoisotopic (exact) mass is 392 g/mol. The normalized spacial score (nSPS) is 12.5. The fraction of sp³-hybridized carbons (Fsp3) is 0.312. The van der Waals surface area contributed by atoms with Crippen LogP contribution in [0.15, 0.2) is 39.9 Å². The fourth-order valence-corrected chi connectivity index (χ4v) is 3.97. The molecule has 0 aliphatic carbocycles. The van der Waals surface area contributed by atoms with Crippen LogP contribution in [-0.2, 0) is 6.54 Å². The molecular formula is C16H17BrN4OS. The molecular weight excluding hydrogens is 376 g/mol. The zero-order valence-corrected chi connectivity index (χ0v) is 15.6. The van der Waals surface area contributed by atoms with Crippen molar-refractivity contribution in [2.75, 3.05) is 0 Å². The summed E-state index contributed by atoms with van der Waals surface area (Å²) in [5.74, 6) is -0.308.